The summed E-state index contributed by atoms with van der Waals surface area (Å²) in [6, 6.07) is 3.57. The molecule has 0 spiro atoms. The van der Waals surface area contributed by atoms with E-state index in [1.807, 2.05) is 19.9 Å². The number of H-pyrrole nitrogens is 1. The molecule has 1 saturated carbocycles. The molecule has 29 heavy (non-hydrogen) atoms. The molecule has 4 rings (SSSR count). The fraction of sp³-hybridized carbons (Fsp3) is 0.526. The van der Waals surface area contributed by atoms with Crippen LogP contribution in [0.1, 0.15) is 50.4 Å². The predicted octanol–water partition coefficient (Wildman–Crippen LogP) is 2.65. The second-order valence-corrected chi connectivity index (χ2v) is 9.99. The average Bonchev–Trinajstić information content (AvgIpc) is 3.35. The van der Waals surface area contributed by atoms with Crippen molar-refractivity contribution in [3.8, 4) is 0 Å². The van der Waals surface area contributed by atoms with Gasteiger partial charge in [0.25, 0.3) is 0 Å². The minimum atomic E-state index is -3.23. The highest BCUT2D eigenvalue weighted by atomic mass is 32.2. The lowest BCUT2D eigenvalue weighted by atomic mass is 10.0. The zero-order valence-electron chi connectivity index (χ0n) is 16.4. The van der Waals surface area contributed by atoms with Crippen molar-refractivity contribution in [2.45, 2.75) is 62.5 Å². The summed E-state index contributed by atoms with van der Waals surface area (Å²) < 4.78 is 29.6. The van der Waals surface area contributed by atoms with Gasteiger partial charge in [0, 0.05) is 30.1 Å². The van der Waals surface area contributed by atoms with Gasteiger partial charge < -0.3 is 15.4 Å². The third-order valence-electron chi connectivity index (χ3n) is 5.25. The number of amides is 1. The normalized spacial score (nSPS) is 22.4. The summed E-state index contributed by atoms with van der Waals surface area (Å²) in [5, 5.41) is 13.2. The molecular weight excluding hydrogens is 394 g/mol. The highest BCUT2D eigenvalue weighted by Gasteiger charge is 2.30. The number of aryl methyl sites for hydroxylation is 1. The zero-order valence-corrected chi connectivity index (χ0v) is 17.3. The van der Waals surface area contributed by atoms with E-state index < -0.39 is 9.84 Å². The number of fused-ring (bicyclic) bond motifs is 1. The number of carbonyl (C=O) groups excluding carboxylic acids is 1. The lowest BCUT2D eigenvalue weighted by Crippen LogP contribution is -2.33. The summed E-state index contributed by atoms with van der Waals surface area (Å²) >= 11 is 0. The van der Waals surface area contributed by atoms with Crippen LogP contribution in [-0.4, -0.2) is 47.6 Å². The Kier molecular flexibility index (Phi) is 5.20. The van der Waals surface area contributed by atoms with Crippen molar-refractivity contribution < 1.29 is 17.9 Å². The number of anilines is 2. The Hall–Kier alpha value is -2.62. The molecule has 3 N–H and O–H groups in total. The number of rotatable bonds is 5. The molecule has 1 aliphatic heterocycles. The predicted molar refractivity (Wildman–Crippen MR) is 107 cm³/mol. The second-order valence-electron chi connectivity index (χ2n) is 7.91. The van der Waals surface area contributed by atoms with Gasteiger partial charge in [-0.25, -0.2) is 13.2 Å². The van der Waals surface area contributed by atoms with Crippen LogP contribution in [0, 0.1) is 0 Å². The van der Waals surface area contributed by atoms with Crippen LogP contribution in [0.4, 0.5) is 16.3 Å². The molecule has 2 aromatic rings. The van der Waals surface area contributed by atoms with Gasteiger partial charge in [0.15, 0.2) is 15.7 Å². The first-order valence-corrected chi connectivity index (χ1v) is 11.5. The van der Waals surface area contributed by atoms with E-state index in [1.54, 1.807) is 12.3 Å². The van der Waals surface area contributed by atoms with Crippen LogP contribution in [0.15, 0.2) is 23.2 Å². The Morgan fingerprint density at radius 1 is 1.31 bits per heavy atom. The molecule has 10 heteroatoms. The topological polar surface area (TPSA) is 126 Å². The molecular formula is C19H25N5O4S. The number of hydrogen-bond acceptors (Lipinski definition) is 7. The molecule has 2 aromatic heterocycles. The monoisotopic (exact) mass is 419 g/mol. The maximum absolute atomic E-state index is 12.1. The molecule has 2 atom stereocenters. The van der Waals surface area contributed by atoms with E-state index in [0.29, 0.717) is 28.5 Å². The van der Waals surface area contributed by atoms with Crippen LogP contribution in [0.25, 0.3) is 0 Å². The summed E-state index contributed by atoms with van der Waals surface area (Å²) in [6.07, 6.45) is 4.06. The third kappa shape index (κ3) is 4.36. The smallest absolute Gasteiger partial charge is 0.407 e. The summed E-state index contributed by atoms with van der Waals surface area (Å²) in [4.78, 5) is 16.3. The minimum absolute atomic E-state index is 0.0460. The van der Waals surface area contributed by atoms with Crippen molar-refractivity contribution in [2.24, 2.45) is 0 Å². The number of aromatic nitrogens is 3. The van der Waals surface area contributed by atoms with Gasteiger partial charge >= 0.3 is 6.09 Å². The Morgan fingerprint density at radius 3 is 2.93 bits per heavy atom. The Bertz CT molecular complexity index is 1020. The van der Waals surface area contributed by atoms with Crippen LogP contribution >= 0.6 is 0 Å². The highest BCUT2D eigenvalue weighted by Crippen LogP contribution is 2.36. The highest BCUT2D eigenvalue weighted by molar-refractivity contribution is 7.91. The summed E-state index contributed by atoms with van der Waals surface area (Å²) in [5.41, 5.74) is 2.17. The SMILES string of the molecule is CC(C)NC(=O)O[C@@H]1CC[C@H](c2cc(Nc3cnc4c(c3)S(=O)(=O)CC4)n[nH]2)C1. The molecule has 0 aromatic carbocycles. The van der Waals surface area contributed by atoms with Crippen LogP contribution in [-0.2, 0) is 21.0 Å². The first kappa shape index (κ1) is 19.7. The maximum Gasteiger partial charge on any atom is 0.407 e. The third-order valence-corrected chi connectivity index (χ3v) is 7.01. The van der Waals surface area contributed by atoms with Crippen LogP contribution in [0.5, 0.6) is 0 Å². The maximum atomic E-state index is 12.1. The van der Waals surface area contributed by atoms with Crippen molar-refractivity contribution in [1.29, 1.82) is 0 Å². The van der Waals surface area contributed by atoms with Crippen molar-refractivity contribution >= 4 is 27.4 Å². The van der Waals surface area contributed by atoms with Gasteiger partial charge in [-0.1, -0.05) is 0 Å². The van der Waals surface area contributed by atoms with E-state index in [9.17, 15) is 13.2 Å². The summed E-state index contributed by atoms with van der Waals surface area (Å²) in [5.74, 6) is 0.943. The van der Waals surface area contributed by atoms with Crippen LogP contribution in [0.3, 0.4) is 0 Å². The van der Waals surface area contributed by atoms with E-state index >= 15 is 0 Å². The van der Waals surface area contributed by atoms with Gasteiger partial charge in [0.05, 0.1) is 28.2 Å². The summed E-state index contributed by atoms with van der Waals surface area (Å²) in [6.45, 7) is 3.79. The Morgan fingerprint density at radius 2 is 2.14 bits per heavy atom. The van der Waals surface area contributed by atoms with Crippen molar-refractivity contribution in [3.63, 3.8) is 0 Å². The van der Waals surface area contributed by atoms with Crippen molar-refractivity contribution in [3.05, 3.63) is 29.7 Å². The van der Waals surface area contributed by atoms with Gasteiger partial charge in [-0.3, -0.25) is 10.1 Å². The molecule has 3 heterocycles. The largest absolute Gasteiger partial charge is 0.446 e. The molecule has 0 radical (unpaired) electrons. The lowest BCUT2D eigenvalue weighted by molar-refractivity contribution is 0.0981. The molecule has 1 amide bonds. The molecule has 0 bridgehead atoms. The number of aromatic amines is 1. The number of nitrogens with zero attached hydrogens (tertiary/aromatic N) is 2. The number of sulfone groups is 1. The molecule has 156 valence electrons. The number of pyridine rings is 1. The quantitative estimate of drug-likeness (QED) is 0.680. The van der Waals surface area contributed by atoms with Gasteiger partial charge in [0.1, 0.15) is 6.10 Å². The fourth-order valence-electron chi connectivity index (χ4n) is 3.85. The van der Waals surface area contributed by atoms with Gasteiger partial charge in [-0.15, -0.1) is 0 Å². The number of carbonyl (C=O) groups is 1. The van der Waals surface area contributed by atoms with Gasteiger partial charge in [-0.2, -0.15) is 5.10 Å². The molecule has 1 fully saturated rings. The standard InChI is InChI=1S/C19H25N5O4S/c1-11(2)21-19(25)28-14-4-3-12(7-14)16-9-18(24-23-16)22-13-8-17-15(20-10-13)5-6-29(17,26)27/h8-12,14H,3-7H2,1-2H3,(H,21,25)(H2,22,23,24)/t12-,14+/m0/s1. The van der Waals surface area contributed by atoms with E-state index in [1.165, 1.54) is 0 Å². The van der Waals surface area contributed by atoms with Gasteiger partial charge in [0.2, 0.25) is 0 Å². The molecule has 9 nitrogen and oxygen atoms in total. The number of alkyl carbamates (subject to hydrolysis) is 1. The first-order valence-electron chi connectivity index (χ1n) is 9.81. The van der Waals surface area contributed by atoms with E-state index in [4.69, 9.17) is 4.74 Å². The number of hydrogen-bond donors (Lipinski definition) is 3. The van der Waals surface area contributed by atoms with Crippen LogP contribution in [0.2, 0.25) is 0 Å². The second kappa shape index (κ2) is 7.66. The van der Waals surface area contributed by atoms with Crippen LogP contribution < -0.4 is 10.6 Å². The first-order chi connectivity index (χ1) is 13.8. The average molecular weight is 420 g/mol. The number of ether oxygens (including phenoxy) is 1. The van der Waals surface area contributed by atoms with E-state index in [-0.39, 0.29) is 29.9 Å². The number of nitrogens with one attached hydrogen (secondary N) is 3. The molecule has 1 aliphatic carbocycles. The molecule has 0 saturated heterocycles. The lowest BCUT2D eigenvalue weighted by Gasteiger charge is -2.14. The fourth-order valence-corrected chi connectivity index (χ4v) is 5.35. The van der Waals surface area contributed by atoms with Crippen molar-refractivity contribution in [1.82, 2.24) is 20.5 Å². The van der Waals surface area contributed by atoms with Gasteiger partial charge in [-0.05, 0) is 39.2 Å². The molecule has 0 unspecified atom stereocenters. The summed E-state index contributed by atoms with van der Waals surface area (Å²) in [7, 11) is -3.23. The zero-order chi connectivity index (χ0) is 20.6. The van der Waals surface area contributed by atoms with E-state index in [2.05, 4.69) is 25.8 Å². The molecule has 2 aliphatic rings. The Labute approximate surface area is 169 Å². The van der Waals surface area contributed by atoms with E-state index in [0.717, 1.165) is 25.0 Å². The minimum Gasteiger partial charge on any atom is -0.446 e. The Balaban J connectivity index is 1.38. The van der Waals surface area contributed by atoms with Crippen molar-refractivity contribution in [2.75, 3.05) is 11.1 Å².